The maximum absolute atomic E-state index is 12.1. The molecule has 0 atom stereocenters. The molecule has 1 N–H and O–H groups in total. The molecule has 0 amide bonds. The summed E-state index contributed by atoms with van der Waals surface area (Å²) in [5, 5.41) is 7.29. The van der Waals surface area contributed by atoms with Crippen LogP contribution in [0.5, 0.6) is 0 Å². The normalized spacial score (nSPS) is 11.2. The second-order valence-corrected chi connectivity index (χ2v) is 6.16. The van der Waals surface area contributed by atoms with E-state index in [1.165, 1.54) is 18.3 Å². The van der Waals surface area contributed by atoms with Gasteiger partial charge in [-0.1, -0.05) is 15.9 Å². The lowest BCUT2D eigenvalue weighted by atomic mass is 10.2. The molecular formula is C11H10BrN3O2S. The largest absolute Gasteiger partial charge is 0.263 e. The topological polar surface area (TPSA) is 72.0 Å². The number of anilines is 1. The molecule has 0 saturated carbocycles. The number of nitrogens with one attached hydrogen (secondary N) is 1. The van der Waals surface area contributed by atoms with Gasteiger partial charge in [-0.25, -0.2) is 8.42 Å². The number of hydrogen-bond donors (Lipinski definition) is 1. The van der Waals surface area contributed by atoms with Crippen LogP contribution in [0.3, 0.4) is 0 Å². The zero-order valence-corrected chi connectivity index (χ0v) is 11.9. The number of aryl methyl sites for hydroxylation is 1. The number of aromatic nitrogens is 2. The Labute approximate surface area is 113 Å². The first-order valence-corrected chi connectivity index (χ1v) is 7.33. The predicted octanol–water partition coefficient (Wildman–Crippen LogP) is 2.35. The summed E-state index contributed by atoms with van der Waals surface area (Å²) < 4.78 is 27.4. The maximum atomic E-state index is 12.1. The SMILES string of the molecule is Cc1cc(S(=O)(=O)Nc2cccnn2)ccc1Br. The molecule has 0 unspecified atom stereocenters. The summed E-state index contributed by atoms with van der Waals surface area (Å²) >= 11 is 3.33. The van der Waals surface area contributed by atoms with Crippen LogP contribution in [0.4, 0.5) is 5.82 Å². The molecule has 2 aromatic rings. The van der Waals surface area contributed by atoms with Gasteiger partial charge in [0.15, 0.2) is 5.82 Å². The smallest absolute Gasteiger partial charge is 0.262 e. The van der Waals surface area contributed by atoms with E-state index >= 15 is 0 Å². The van der Waals surface area contributed by atoms with Crippen molar-refractivity contribution in [2.24, 2.45) is 0 Å². The van der Waals surface area contributed by atoms with Crippen LogP contribution in [0.1, 0.15) is 5.56 Å². The van der Waals surface area contributed by atoms with Crippen molar-refractivity contribution < 1.29 is 8.42 Å². The highest BCUT2D eigenvalue weighted by Crippen LogP contribution is 2.21. The van der Waals surface area contributed by atoms with Crippen LogP contribution in [0.25, 0.3) is 0 Å². The Balaban J connectivity index is 2.34. The Morgan fingerprint density at radius 3 is 2.67 bits per heavy atom. The van der Waals surface area contributed by atoms with Crippen molar-refractivity contribution >= 4 is 31.8 Å². The molecule has 0 aliphatic heterocycles. The fraction of sp³-hybridized carbons (Fsp3) is 0.0909. The molecule has 1 aromatic heterocycles. The Morgan fingerprint density at radius 1 is 1.28 bits per heavy atom. The Hall–Kier alpha value is -1.47. The molecule has 0 bridgehead atoms. The third-order valence-corrected chi connectivity index (χ3v) is 4.49. The highest BCUT2D eigenvalue weighted by molar-refractivity contribution is 9.10. The molecule has 0 radical (unpaired) electrons. The Bertz CT molecular complexity index is 659. The predicted molar refractivity (Wildman–Crippen MR) is 71.7 cm³/mol. The number of benzene rings is 1. The third kappa shape index (κ3) is 2.85. The molecule has 1 heterocycles. The molecule has 0 aliphatic carbocycles. The summed E-state index contributed by atoms with van der Waals surface area (Å²) in [6.45, 7) is 1.82. The van der Waals surface area contributed by atoms with Gasteiger partial charge in [-0.3, -0.25) is 4.72 Å². The summed E-state index contributed by atoms with van der Waals surface area (Å²) in [5.74, 6) is 0.193. The third-order valence-electron chi connectivity index (χ3n) is 2.25. The first kappa shape index (κ1) is 13.0. The van der Waals surface area contributed by atoms with Gasteiger partial charge in [0.1, 0.15) is 0 Å². The van der Waals surface area contributed by atoms with Crippen LogP contribution in [0.15, 0.2) is 45.9 Å². The number of halogens is 1. The van der Waals surface area contributed by atoms with E-state index in [-0.39, 0.29) is 10.7 Å². The zero-order chi connectivity index (χ0) is 13.2. The number of nitrogens with zero attached hydrogens (tertiary/aromatic N) is 2. The van der Waals surface area contributed by atoms with Gasteiger partial charge in [0.2, 0.25) is 0 Å². The van der Waals surface area contributed by atoms with Crippen molar-refractivity contribution in [2.75, 3.05) is 4.72 Å². The van der Waals surface area contributed by atoms with Crippen molar-refractivity contribution in [1.82, 2.24) is 10.2 Å². The average Bonchev–Trinajstić information content (AvgIpc) is 2.33. The van der Waals surface area contributed by atoms with E-state index in [1.807, 2.05) is 6.92 Å². The van der Waals surface area contributed by atoms with Gasteiger partial charge in [-0.2, -0.15) is 5.10 Å². The minimum Gasteiger partial charge on any atom is -0.262 e. The molecule has 7 heteroatoms. The van der Waals surface area contributed by atoms with Crippen LogP contribution >= 0.6 is 15.9 Å². The van der Waals surface area contributed by atoms with E-state index in [1.54, 1.807) is 18.2 Å². The lowest BCUT2D eigenvalue weighted by molar-refractivity contribution is 0.601. The summed E-state index contributed by atoms with van der Waals surface area (Å²) in [7, 11) is -3.63. The lowest BCUT2D eigenvalue weighted by Gasteiger charge is -2.07. The molecule has 0 fully saturated rings. The van der Waals surface area contributed by atoms with Gasteiger partial charge in [0, 0.05) is 10.7 Å². The highest BCUT2D eigenvalue weighted by Gasteiger charge is 2.15. The van der Waals surface area contributed by atoms with Crippen LogP contribution in [-0.4, -0.2) is 18.6 Å². The van der Waals surface area contributed by atoms with Crippen molar-refractivity contribution in [2.45, 2.75) is 11.8 Å². The van der Waals surface area contributed by atoms with Gasteiger partial charge < -0.3 is 0 Å². The van der Waals surface area contributed by atoms with Gasteiger partial charge in [0.05, 0.1) is 4.90 Å². The molecular weight excluding hydrogens is 318 g/mol. The van der Waals surface area contributed by atoms with E-state index in [2.05, 4.69) is 30.8 Å². The summed E-state index contributed by atoms with van der Waals surface area (Å²) in [4.78, 5) is 0.189. The summed E-state index contributed by atoms with van der Waals surface area (Å²) in [6, 6.07) is 7.95. The molecule has 94 valence electrons. The van der Waals surface area contributed by atoms with E-state index in [4.69, 9.17) is 0 Å². The molecule has 1 aromatic carbocycles. The van der Waals surface area contributed by atoms with E-state index in [0.29, 0.717) is 0 Å². The maximum Gasteiger partial charge on any atom is 0.263 e. The highest BCUT2D eigenvalue weighted by atomic mass is 79.9. The van der Waals surface area contributed by atoms with Crippen molar-refractivity contribution in [3.05, 3.63) is 46.6 Å². The van der Waals surface area contributed by atoms with E-state index < -0.39 is 10.0 Å². The van der Waals surface area contributed by atoms with Crippen molar-refractivity contribution in [3.63, 3.8) is 0 Å². The number of rotatable bonds is 3. The molecule has 0 saturated heterocycles. The van der Waals surface area contributed by atoms with Crippen LogP contribution < -0.4 is 4.72 Å². The number of sulfonamides is 1. The molecule has 2 rings (SSSR count). The Morgan fingerprint density at radius 2 is 2.06 bits per heavy atom. The summed E-state index contributed by atoms with van der Waals surface area (Å²) in [5.41, 5.74) is 0.844. The average molecular weight is 328 g/mol. The van der Waals surface area contributed by atoms with Crippen molar-refractivity contribution in [3.8, 4) is 0 Å². The van der Waals surface area contributed by atoms with Crippen LogP contribution in [0.2, 0.25) is 0 Å². The fourth-order valence-corrected chi connectivity index (χ4v) is 2.66. The quantitative estimate of drug-likeness (QED) is 0.939. The summed E-state index contributed by atoms with van der Waals surface area (Å²) in [6.07, 6.45) is 1.47. The van der Waals surface area contributed by atoms with E-state index in [9.17, 15) is 8.42 Å². The fourth-order valence-electron chi connectivity index (χ4n) is 1.34. The number of hydrogen-bond acceptors (Lipinski definition) is 4. The zero-order valence-electron chi connectivity index (χ0n) is 9.46. The van der Waals surface area contributed by atoms with E-state index in [0.717, 1.165) is 10.0 Å². The first-order chi connectivity index (χ1) is 8.49. The molecule has 0 spiro atoms. The molecule has 0 aliphatic rings. The van der Waals surface area contributed by atoms with Crippen LogP contribution in [0, 0.1) is 6.92 Å². The van der Waals surface area contributed by atoms with Gasteiger partial charge in [-0.05, 0) is 42.8 Å². The molecule has 5 nitrogen and oxygen atoms in total. The van der Waals surface area contributed by atoms with Crippen LogP contribution in [-0.2, 0) is 10.0 Å². The monoisotopic (exact) mass is 327 g/mol. The molecule has 18 heavy (non-hydrogen) atoms. The van der Waals surface area contributed by atoms with Gasteiger partial charge >= 0.3 is 0 Å². The minimum atomic E-state index is -3.63. The second kappa shape index (κ2) is 5.03. The van der Waals surface area contributed by atoms with Crippen molar-refractivity contribution in [1.29, 1.82) is 0 Å². The lowest BCUT2D eigenvalue weighted by Crippen LogP contribution is -2.14. The first-order valence-electron chi connectivity index (χ1n) is 5.06. The van der Waals surface area contributed by atoms with Gasteiger partial charge in [0.25, 0.3) is 10.0 Å². The standard InChI is InChI=1S/C11H10BrN3O2S/c1-8-7-9(4-5-10(8)12)18(16,17)15-11-3-2-6-13-14-11/h2-7H,1H3,(H,14,15). The Kier molecular flexibility index (Phi) is 3.63. The van der Waals surface area contributed by atoms with Gasteiger partial charge in [-0.15, -0.1) is 5.10 Å². The second-order valence-electron chi connectivity index (χ2n) is 3.63. The minimum absolute atomic E-state index is 0.189.